The maximum atomic E-state index is 11.7. The highest BCUT2D eigenvalue weighted by Crippen LogP contribution is 2.25. The van der Waals surface area contributed by atoms with Crippen LogP contribution in [0.25, 0.3) is 0 Å². The number of thiophene rings is 1. The lowest BCUT2D eigenvalue weighted by Gasteiger charge is -2.11. The average molecular weight is 239 g/mol. The van der Waals surface area contributed by atoms with E-state index < -0.39 is 5.97 Å². The van der Waals surface area contributed by atoms with Crippen LogP contribution in [0, 0.1) is 5.92 Å². The van der Waals surface area contributed by atoms with Gasteiger partial charge in [-0.3, -0.25) is 9.59 Å². The highest BCUT2D eigenvalue weighted by atomic mass is 32.1. The second kappa shape index (κ2) is 4.65. The van der Waals surface area contributed by atoms with Crippen LogP contribution in [0.4, 0.5) is 0 Å². The number of carbonyl (C=O) groups excluding carboxylic acids is 1. The van der Waals surface area contributed by atoms with Gasteiger partial charge in [0.1, 0.15) is 0 Å². The molecule has 1 heterocycles. The molecule has 0 radical (unpaired) electrons. The quantitative estimate of drug-likeness (QED) is 0.844. The topological polar surface area (TPSA) is 66.4 Å². The van der Waals surface area contributed by atoms with Crippen molar-refractivity contribution >= 4 is 23.2 Å². The van der Waals surface area contributed by atoms with Crippen molar-refractivity contribution in [1.82, 2.24) is 5.32 Å². The van der Waals surface area contributed by atoms with E-state index in [0.717, 1.165) is 6.42 Å². The van der Waals surface area contributed by atoms with Gasteiger partial charge in [-0.15, -0.1) is 0 Å². The predicted molar refractivity (Wildman–Crippen MR) is 60.6 cm³/mol. The van der Waals surface area contributed by atoms with E-state index in [1.807, 2.05) is 5.38 Å². The first-order valence-corrected chi connectivity index (χ1v) is 6.17. The molecule has 1 aromatic heterocycles. The summed E-state index contributed by atoms with van der Waals surface area (Å²) < 4.78 is 0. The number of carbonyl (C=O) groups is 2. The minimum Gasteiger partial charge on any atom is -0.481 e. The van der Waals surface area contributed by atoms with Crippen molar-refractivity contribution < 1.29 is 14.7 Å². The van der Waals surface area contributed by atoms with Crippen LogP contribution in [0.2, 0.25) is 0 Å². The van der Waals surface area contributed by atoms with E-state index in [4.69, 9.17) is 5.11 Å². The Kier molecular flexibility index (Phi) is 3.24. The number of amides is 1. The lowest BCUT2D eigenvalue weighted by atomic mass is 10.1. The largest absolute Gasteiger partial charge is 0.481 e. The van der Waals surface area contributed by atoms with Crippen LogP contribution in [0.5, 0.6) is 0 Å². The number of hydrogen-bond donors (Lipinski definition) is 2. The Bertz CT molecular complexity index is 388. The van der Waals surface area contributed by atoms with Gasteiger partial charge >= 0.3 is 5.97 Å². The van der Waals surface area contributed by atoms with Gasteiger partial charge in [-0.1, -0.05) is 0 Å². The number of carboxylic acids is 1. The molecular formula is C11H13NO3S. The van der Waals surface area contributed by atoms with Crippen LogP contribution >= 0.6 is 11.3 Å². The minimum absolute atomic E-state index is 0.00787. The van der Waals surface area contributed by atoms with Crippen molar-refractivity contribution in [2.45, 2.75) is 25.3 Å². The normalized spacial score (nSPS) is 24.2. The van der Waals surface area contributed by atoms with Gasteiger partial charge in [0.15, 0.2) is 0 Å². The first-order valence-electron chi connectivity index (χ1n) is 5.22. The molecule has 1 amide bonds. The molecule has 16 heavy (non-hydrogen) atoms. The fourth-order valence-electron chi connectivity index (χ4n) is 2.00. The van der Waals surface area contributed by atoms with Gasteiger partial charge in [-0.2, -0.15) is 11.3 Å². The molecule has 0 unspecified atom stereocenters. The number of rotatable bonds is 3. The van der Waals surface area contributed by atoms with E-state index >= 15 is 0 Å². The number of carboxylic acid groups (broad SMARTS) is 1. The van der Waals surface area contributed by atoms with Crippen LogP contribution < -0.4 is 5.32 Å². The van der Waals surface area contributed by atoms with Crippen LogP contribution in [-0.2, 0) is 4.79 Å². The van der Waals surface area contributed by atoms with Gasteiger partial charge in [0.25, 0.3) is 5.91 Å². The average Bonchev–Trinajstić information content (AvgIpc) is 2.87. The monoisotopic (exact) mass is 239 g/mol. The van der Waals surface area contributed by atoms with E-state index in [9.17, 15) is 9.59 Å². The molecule has 0 bridgehead atoms. The van der Waals surface area contributed by atoms with Gasteiger partial charge in [-0.05, 0) is 30.7 Å². The molecule has 1 aromatic rings. The molecule has 0 aromatic carbocycles. The Morgan fingerprint density at radius 3 is 2.81 bits per heavy atom. The fraction of sp³-hybridized carbons (Fsp3) is 0.455. The van der Waals surface area contributed by atoms with Crippen molar-refractivity contribution in [3.05, 3.63) is 22.4 Å². The second-order valence-electron chi connectivity index (χ2n) is 4.03. The number of hydrogen-bond acceptors (Lipinski definition) is 3. The predicted octanol–water partition coefficient (Wildman–Crippen LogP) is 1.73. The maximum Gasteiger partial charge on any atom is 0.306 e. The molecular weight excluding hydrogens is 226 g/mol. The lowest BCUT2D eigenvalue weighted by Crippen LogP contribution is -2.33. The number of nitrogens with one attached hydrogen (secondary N) is 1. The molecule has 0 aliphatic heterocycles. The smallest absolute Gasteiger partial charge is 0.306 e. The molecule has 1 fully saturated rings. The summed E-state index contributed by atoms with van der Waals surface area (Å²) in [6, 6.07) is 1.78. The van der Waals surface area contributed by atoms with Gasteiger partial charge in [0.05, 0.1) is 5.92 Å². The Balaban J connectivity index is 1.88. The fourth-order valence-corrected chi connectivity index (χ4v) is 2.64. The molecule has 4 nitrogen and oxygen atoms in total. The Hall–Kier alpha value is -1.36. The Morgan fingerprint density at radius 2 is 2.25 bits per heavy atom. The zero-order valence-corrected chi connectivity index (χ0v) is 9.50. The van der Waals surface area contributed by atoms with Crippen molar-refractivity contribution in [1.29, 1.82) is 0 Å². The van der Waals surface area contributed by atoms with E-state index in [1.165, 1.54) is 11.3 Å². The molecule has 86 valence electrons. The molecule has 2 rings (SSSR count). The van der Waals surface area contributed by atoms with Gasteiger partial charge in [-0.25, -0.2) is 0 Å². The summed E-state index contributed by atoms with van der Waals surface area (Å²) in [5, 5.41) is 15.4. The molecule has 1 aliphatic carbocycles. The summed E-state index contributed by atoms with van der Waals surface area (Å²) in [7, 11) is 0. The first-order chi connectivity index (χ1) is 7.66. The molecule has 0 saturated heterocycles. The van der Waals surface area contributed by atoms with Gasteiger partial charge in [0, 0.05) is 17.0 Å². The lowest BCUT2D eigenvalue weighted by molar-refractivity contribution is -0.141. The molecule has 1 saturated carbocycles. The van der Waals surface area contributed by atoms with Crippen LogP contribution in [0.15, 0.2) is 16.8 Å². The third kappa shape index (κ3) is 2.41. The van der Waals surface area contributed by atoms with Crippen LogP contribution in [0.1, 0.15) is 29.6 Å². The summed E-state index contributed by atoms with van der Waals surface area (Å²) >= 11 is 1.48. The summed E-state index contributed by atoms with van der Waals surface area (Å²) in [6.45, 7) is 0. The van der Waals surface area contributed by atoms with Gasteiger partial charge < -0.3 is 10.4 Å². The van der Waals surface area contributed by atoms with E-state index in [1.54, 1.807) is 11.4 Å². The first kappa shape index (κ1) is 11.1. The summed E-state index contributed by atoms with van der Waals surface area (Å²) in [4.78, 5) is 22.4. The minimum atomic E-state index is -0.757. The summed E-state index contributed by atoms with van der Waals surface area (Å²) in [5.74, 6) is -1.16. The third-order valence-electron chi connectivity index (χ3n) is 2.90. The Morgan fingerprint density at radius 1 is 1.44 bits per heavy atom. The summed E-state index contributed by atoms with van der Waals surface area (Å²) in [6.07, 6.45) is 1.96. The van der Waals surface area contributed by atoms with E-state index in [2.05, 4.69) is 5.32 Å². The van der Waals surface area contributed by atoms with Crippen LogP contribution in [0.3, 0.4) is 0 Å². The standard InChI is InChI=1S/C11H13NO3S/c13-10(8-3-4-16-6-8)12-9-2-1-7(5-9)11(14)15/h3-4,6-7,9H,1-2,5H2,(H,12,13)(H,14,15)/t7-,9+/m1/s1. The van der Waals surface area contributed by atoms with Crippen molar-refractivity contribution in [2.24, 2.45) is 5.92 Å². The zero-order chi connectivity index (χ0) is 11.5. The van der Waals surface area contributed by atoms with E-state index in [-0.39, 0.29) is 17.9 Å². The van der Waals surface area contributed by atoms with Crippen molar-refractivity contribution in [3.8, 4) is 0 Å². The molecule has 1 aliphatic rings. The number of aliphatic carboxylic acids is 1. The molecule has 5 heteroatoms. The maximum absolute atomic E-state index is 11.7. The molecule has 2 N–H and O–H groups in total. The van der Waals surface area contributed by atoms with Crippen molar-refractivity contribution in [3.63, 3.8) is 0 Å². The van der Waals surface area contributed by atoms with E-state index in [0.29, 0.717) is 18.4 Å². The second-order valence-corrected chi connectivity index (χ2v) is 4.81. The SMILES string of the molecule is O=C(N[C@H]1CC[C@@H](C(=O)O)C1)c1ccsc1. The van der Waals surface area contributed by atoms with Crippen LogP contribution in [-0.4, -0.2) is 23.0 Å². The third-order valence-corrected chi connectivity index (χ3v) is 3.58. The highest BCUT2D eigenvalue weighted by Gasteiger charge is 2.30. The zero-order valence-electron chi connectivity index (χ0n) is 8.68. The van der Waals surface area contributed by atoms with Crippen molar-refractivity contribution in [2.75, 3.05) is 0 Å². The Labute approximate surface area is 97.3 Å². The van der Waals surface area contributed by atoms with Gasteiger partial charge in [0.2, 0.25) is 0 Å². The highest BCUT2D eigenvalue weighted by molar-refractivity contribution is 7.08. The molecule has 2 atom stereocenters. The molecule has 0 spiro atoms. The summed E-state index contributed by atoms with van der Waals surface area (Å²) in [5.41, 5.74) is 0.656.